The number of H-pyrrole nitrogens is 1. The van der Waals surface area contributed by atoms with Gasteiger partial charge in [0.15, 0.2) is 9.78 Å². The van der Waals surface area contributed by atoms with Gasteiger partial charge in [-0.1, -0.05) is 16.5 Å². The summed E-state index contributed by atoms with van der Waals surface area (Å²) in [5, 5.41) is 14.0. The lowest BCUT2D eigenvalue weighted by atomic mass is 10.6. The molecular weight excluding hydrogens is 222 g/mol. The van der Waals surface area contributed by atoms with Crippen LogP contribution in [-0.4, -0.2) is 20.3 Å². The van der Waals surface area contributed by atoms with Crippen LogP contribution in [0.2, 0.25) is 0 Å². The Balaban J connectivity index is 1.98. The zero-order chi connectivity index (χ0) is 9.97. The molecule has 0 amide bonds. The standard InChI is InChI=1S/C6H7N5OS2/c1-3-8-4(12-11-3)2-7-5-9-10-6(13)14-5/h2H2,1H3,(H,7,9)(H,10,13). The number of nitrogens with zero attached hydrogens (tertiary/aromatic N) is 3. The van der Waals surface area contributed by atoms with Crippen LogP contribution in [0.5, 0.6) is 0 Å². The molecule has 74 valence electrons. The number of aromatic nitrogens is 4. The number of anilines is 1. The summed E-state index contributed by atoms with van der Waals surface area (Å²) in [6, 6.07) is 0. The predicted octanol–water partition coefficient (Wildman–Crippen LogP) is 1.50. The van der Waals surface area contributed by atoms with Gasteiger partial charge in [0.1, 0.15) is 0 Å². The third-order valence-corrected chi connectivity index (χ3v) is 2.45. The molecule has 0 aliphatic rings. The molecule has 0 saturated carbocycles. The van der Waals surface area contributed by atoms with E-state index in [0.29, 0.717) is 27.3 Å². The van der Waals surface area contributed by atoms with Gasteiger partial charge < -0.3 is 9.84 Å². The molecule has 2 aromatic heterocycles. The van der Waals surface area contributed by atoms with E-state index in [1.54, 1.807) is 6.92 Å². The van der Waals surface area contributed by atoms with E-state index in [0.717, 1.165) is 0 Å². The molecule has 8 heteroatoms. The van der Waals surface area contributed by atoms with E-state index in [1.165, 1.54) is 11.3 Å². The first kappa shape index (κ1) is 9.28. The zero-order valence-electron chi connectivity index (χ0n) is 7.27. The molecule has 0 aliphatic carbocycles. The maximum Gasteiger partial charge on any atom is 0.246 e. The average molecular weight is 229 g/mol. The van der Waals surface area contributed by atoms with Crippen molar-refractivity contribution in [2.45, 2.75) is 13.5 Å². The third kappa shape index (κ3) is 2.15. The molecule has 0 radical (unpaired) electrons. The summed E-state index contributed by atoms with van der Waals surface area (Å²) in [7, 11) is 0. The van der Waals surface area contributed by atoms with Crippen molar-refractivity contribution in [3.05, 3.63) is 15.7 Å². The molecule has 0 unspecified atom stereocenters. The number of aromatic amines is 1. The van der Waals surface area contributed by atoms with E-state index in [2.05, 4.69) is 25.7 Å². The Kier molecular flexibility index (Phi) is 2.55. The van der Waals surface area contributed by atoms with Gasteiger partial charge >= 0.3 is 0 Å². The number of hydrogen-bond acceptors (Lipinski definition) is 7. The van der Waals surface area contributed by atoms with Crippen LogP contribution >= 0.6 is 23.6 Å². The van der Waals surface area contributed by atoms with Crippen LogP contribution in [0.3, 0.4) is 0 Å². The normalized spacial score (nSPS) is 10.4. The van der Waals surface area contributed by atoms with Crippen molar-refractivity contribution in [1.82, 2.24) is 20.3 Å². The van der Waals surface area contributed by atoms with Gasteiger partial charge in [0.2, 0.25) is 11.0 Å². The summed E-state index contributed by atoms with van der Waals surface area (Å²) in [5.74, 6) is 1.15. The molecule has 2 aromatic rings. The smallest absolute Gasteiger partial charge is 0.246 e. The fraction of sp³-hybridized carbons (Fsp3) is 0.333. The van der Waals surface area contributed by atoms with Crippen molar-refractivity contribution in [2.24, 2.45) is 0 Å². The van der Waals surface area contributed by atoms with E-state index < -0.39 is 0 Å². The lowest BCUT2D eigenvalue weighted by Crippen LogP contribution is -1.99. The van der Waals surface area contributed by atoms with Crippen LogP contribution in [0.15, 0.2) is 4.52 Å². The zero-order valence-corrected chi connectivity index (χ0v) is 8.91. The predicted molar refractivity (Wildman–Crippen MR) is 53.7 cm³/mol. The molecular formula is C6H7N5OS2. The highest BCUT2D eigenvalue weighted by molar-refractivity contribution is 7.73. The third-order valence-electron chi connectivity index (χ3n) is 1.40. The Morgan fingerprint density at radius 3 is 3.07 bits per heavy atom. The summed E-state index contributed by atoms with van der Waals surface area (Å²) in [6.45, 7) is 2.22. The summed E-state index contributed by atoms with van der Waals surface area (Å²) in [5.41, 5.74) is 0. The van der Waals surface area contributed by atoms with Gasteiger partial charge in [0.05, 0.1) is 6.54 Å². The molecule has 0 saturated heterocycles. The van der Waals surface area contributed by atoms with Gasteiger partial charge in [-0.05, 0) is 19.1 Å². The van der Waals surface area contributed by atoms with Crippen LogP contribution in [0.25, 0.3) is 0 Å². The highest BCUT2D eigenvalue weighted by atomic mass is 32.1. The van der Waals surface area contributed by atoms with Crippen LogP contribution in [0.1, 0.15) is 11.7 Å². The molecule has 0 bridgehead atoms. The highest BCUT2D eigenvalue weighted by Crippen LogP contribution is 2.11. The van der Waals surface area contributed by atoms with Crippen LogP contribution < -0.4 is 5.32 Å². The van der Waals surface area contributed by atoms with Gasteiger partial charge in [-0.2, -0.15) is 4.98 Å². The van der Waals surface area contributed by atoms with Gasteiger partial charge in [0, 0.05) is 0 Å². The van der Waals surface area contributed by atoms with Gasteiger partial charge in [-0.3, -0.25) is 5.10 Å². The van der Waals surface area contributed by atoms with Crippen LogP contribution in [0.4, 0.5) is 5.13 Å². The Morgan fingerprint density at radius 2 is 2.50 bits per heavy atom. The fourth-order valence-electron chi connectivity index (χ4n) is 0.869. The van der Waals surface area contributed by atoms with Crippen LogP contribution in [0, 0.1) is 10.9 Å². The van der Waals surface area contributed by atoms with Crippen molar-refractivity contribution >= 4 is 28.7 Å². The monoisotopic (exact) mass is 229 g/mol. The number of nitrogens with one attached hydrogen (secondary N) is 2. The maximum absolute atomic E-state index is 4.91. The fourth-order valence-corrected chi connectivity index (χ4v) is 1.65. The molecule has 0 aromatic carbocycles. The van der Waals surface area contributed by atoms with Gasteiger partial charge in [-0.15, -0.1) is 5.10 Å². The van der Waals surface area contributed by atoms with Crippen molar-refractivity contribution in [1.29, 1.82) is 0 Å². The SMILES string of the molecule is Cc1noc(CNc2n[nH]c(=S)s2)n1. The van der Waals surface area contributed by atoms with E-state index in [1.807, 2.05) is 0 Å². The first-order chi connectivity index (χ1) is 6.74. The summed E-state index contributed by atoms with van der Waals surface area (Å²) in [6.07, 6.45) is 0. The first-order valence-corrected chi connectivity index (χ1v) is 5.05. The lowest BCUT2D eigenvalue weighted by molar-refractivity contribution is 0.379. The Labute approximate surface area is 88.4 Å². The minimum atomic E-state index is 0.455. The minimum absolute atomic E-state index is 0.455. The van der Waals surface area contributed by atoms with Crippen molar-refractivity contribution in [3.8, 4) is 0 Å². The average Bonchev–Trinajstić information content (AvgIpc) is 2.72. The summed E-state index contributed by atoms with van der Waals surface area (Å²) < 4.78 is 5.54. The minimum Gasteiger partial charge on any atom is -0.351 e. The molecule has 2 heterocycles. The quantitative estimate of drug-likeness (QED) is 0.776. The van der Waals surface area contributed by atoms with Crippen LogP contribution in [-0.2, 0) is 6.54 Å². The maximum atomic E-state index is 4.91. The second-order valence-electron chi connectivity index (χ2n) is 2.51. The molecule has 2 rings (SSSR count). The molecule has 0 fully saturated rings. The van der Waals surface area contributed by atoms with E-state index in [-0.39, 0.29) is 0 Å². The van der Waals surface area contributed by atoms with Crippen molar-refractivity contribution in [2.75, 3.05) is 5.32 Å². The number of rotatable bonds is 3. The van der Waals surface area contributed by atoms with E-state index >= 15 is 0 Å². The second-order valence-corrected chi connectivity index (χ2v) is 4.17. The number of hydrogen-bond donors (Lipinski definition) is 2. The molecule has 0 atom stereocenters. The second kappa shape index (κ2) is 3.84. The summed E-state index contributed by atoms with van der Waals surface area (Å²) in [4.78, 5) is 4.03. The highest BCUT2D eigenvalue weighted by Gasteiger charge is 2.03. The van der Waals surface area contributed by atoms with E-state index in [9.17, 15) is 0 Å². The Bertz CT molecular complexity index is 472. The first-order valence-electron chi connectivity index (χ1n) is 3.82. The largest absolute Gasteiger partial charge is 0.351 e. The molecule has 2 N–H and O–H groups in total. The molecule has 0 spiro atoms. The lowest BCUT2D eigenvalue weighted by Gasteiger charge is -1.94. The topological polar surface area (TPSA) is 79.6 Å². The Hall–Kier alpha value is -1.28. The molecule has 0 aliphatic heterocycles. The van der Waals surface area contributed by atoms with Gasteiger partial charge in [-0.25, -0.2) is 0 Å². The number of aryl methyl sites for hydroxylation is 1. The van der Waals surface area contributed by atoms with Crippen molar-refractivity contribution < 1.29 is 4.52 Å². The molecule has 14 heavy (non-hydrogen) atoms. The van der Waals surface area contributed by atoms with E-state index in [4.69, 9.17) is 16.7 Å². The van der Waals surface area contributed by atoms with Crippen molar-refractivity contribution in [3.63, 3.8) is 0 Å². The summed E-state index contributed by atoms with van der Waals surface area (Å²) >= 11 is 6.24. The van der Waals surface area contributed by atoms with Gasteiger partial charge in [0.25, 0.3) is 0 Å². The molecule has 6 nitrogen and oxygen atoms in total. The Morgan fingerprint density at radius 1 is 1.64 bits per heavy atom.